The standard InChI is InChI=1S/C23H18N2O/c1-14-5-3-7-18(15(14)2)17-11-21-22(25-13-17)10-9-19-16(12-24)6-4-8-20(19)23(21)26/h3-11,13,23,26H,1-2H3. The second-order valence-corrected chi connectivity index (χ2v) is 6.60. The first kappa shape index (κ1) is 16.3. The molecule has 0 aliphatic heterocycles. The van der Waals surface area contributed by atoms with Crippen LogP contribution in [-0.2, 0) is 0 Å². The Bertz CT molecular complexity index is 1090. The average molecular weight is 338 g/mol. The molecule has 1 atom stereocenters. The van der Waals surface area contributed by atoms with E-state index in [0.717, 1.165) is 33.5 Å². The first-order valence-electron chi connectivity index (χ1n) is 8.56. The Morgan fingerprint density at radius 3 is 2.65 bits per heavy atom. The molecule has 0 radical (unpaired) electrons. The fourth-order valence-corrected chi connectivity index (χ4v) is 3.50. The lowest BCUT2D eigenvalue weighted by Crippen LogP contribution is -2.05. The van der Waals surface area contributed by atoms with Gasteiger partial charge in [-0.2, -0.15) is 5.26 Å². The summed E-state index contributed by atoms with van der Waals surface area (Å²) in [6.07, 6.45) is 4.77. The van der Waals surface area contributed by atoms with Crippen LogP contribution in [0, 0.1) is 25.2 Å². The van der Waals surface area contributed by atoms with Crippen molar-refractivity contribution in [3.8, 4) is 17.2 Å². The molecule has 1 N–H and O–H groups in total. The van der Waals surface area contributed by atoms with Gasteiger partial charge < -0.3 is 5.11 Å². The zero-order valence-electron chi connectivity index (χ0n) is 14.7. The van der Waals surface area contributed by atoms with Crippen LogP contribution < -0.4 is 0 Å². The van der Waals surface area contributed by atoms with E-state index in [-0.39, 0.29) is 0 Å². The number of aliphatic hydroxyl groups excluding tert-OH is 1. The first-order chi connectivity index (χ1) is 12.6. The molecular weight excluding hydrogens is 320 g/mol. The van der Waals surface area contributed by atoms with Gasteiger partial charge in [0, 0.05) is 17.3 Å². The Morgan fingerprint density at radius 1 is 1.04 bits per heavy atom. The molecule has 26 heavy (non-hydrogen) atoms. The molecule has 0 saturated carbocycles. The van der Waals surface area contributed by atoms with Crippen LogP contribution in [0.2, 0.25) is 0 Å². The lowest BCUT2D eigenvalue weighted by Gasteiger charge is -2.16. The van der Waals surface area contributed by atoms with Gasteiger partial charge in [-0.25, -0.2) is 0 Å². The van der Waals surface area contributed by atoms with Crippen molar-refractivity contribution in [2.45, 2.75) is 20.0 Å². The zero-order chi connectivity index (χ0) is 18.3. The fourth-order valence-electron chi connectivity index (χ4n) is 3.50. The summed E-state index contributed by atoms with van der Waals surface area (Å²) in [7, 11) is 0. The number of nitriles is 1. The van der Waals surface area contributed by atoms with Crippen LogP contribution in [0.25, 0.3) is 23.3 Å². The number of rotatable bonds is 1. The number of aliphatic hydroxyl groups is 1. The number of aryl methyl sites for hydroxylation is 1. The van der Waals surface area contributed by atoms with Gasteiger partial charge in [0.15, 0.2) is 0 Å². The number of pyridine rings is 1. The number of aromatic nitrogens is 1. The highest BCUT2D eigenvalue weighted by Crippen LogP contribution is 2.36. The van der Waals surface area contributed by atoms with Gasteiger partial charge in [0.1, 0.15) is 6.10 Å². The molecule has 1 heterocycles. The summed E-state index contributed by atoms with van der Waals surface area (Å²) in [6.45, 7) is 4.19. The van der Waals surface area contributed by atoms with Crippen LogP contribution in [0.5, 0.6) is 0 Å². The molecule has 3 aromatic rings. The maximum Gasteiger partial charge on any atom is 0.107 e. The Morgan fingerprint density at radius 2 is 1.85 bits per heavy atom. The van der Waals surface area contributed by atoms with Crippen molar-refractivity contribution in [2.75, 3.05) is 0 Å². The Hall–Kier alpha value is -3.22. The maximum absolute atomic E-state index is 11.0. The SMILES string of the molecule is Cc1cccc(-c2cnc3c(c2)C(O)c2cccc(C#N)c2C=C3)c1C. The van der Waals surface area contributed by atoms with Gasteiger partial charge in [0.2, 0.25) is 0 Å². The van der Waals surface area contributed by atoms with Crippen LogP contribution in [0.1, 0.15) is 45.2 Å². The lowest BCUT2D eigenvalue weighted by atomic mass is 9.92. The average Bonchev–Trinajstić information content (AvgIpc) is 2.81. The van der Waals surface area contributed by atoms with Crippen LogP contribution in [-0.4, -0.2) is 10.1 Å². The topological polar surface area (TPSA) is 56.9 Å². The summed E-state index contributed by atoms with van der Waals surface area (Å²) in [5.41, 5.74) is 8.07. The molecule has 3 nitrogen and oxygen atoms in total. The smallest absolute Gasteiger partial charge is 0.107 e. The molecule has 0 amide bonds. The summed E-state index contributed by atoms with van der Waals surface area (Å²) < 4.78 is 0. The minimum atomic E-state index is -0.819. The van der Waals surface area contributed by atoms with Crippen LogP contribution in [0.4, 0.5) is 0 Å². The minimum Gasteiger partial charge on any atom is -0.384 e. The molecule has 4 rings (SSSR count). The highest BCUT2D eigenvalue weighted by molar-refractivity contribution is 5.79. The number of hydrogen-bond acceptors (Lipinski definition) is 3. The third kappa shape index (κ3) is 2.52. The zero-order valence-corrected chi connectivity index (χ0v) is 14.7. The third-order valence-electron chi connectivity index (χ3n) is 5.12. The third-order valence-corrected chi connectivity index (χ3v) is 5.12. The Balaban J connectivity index is 1.90. The van der Waals surface area contributed by atoms with Crippen molar-refractivity contribution in [3.05, 3.63) is 87.7 Å². The number of nitrogens with zero attached hydrogens (tertiary/aromatic N) is 2. The van der Waals surface area contributed by atoms with E-state index in [2.05, 4.69) is 37.0 Å². The summed E-state index contributed by atoms with van der Waals surface area (Å²) in [4.78, 5) is 4.59. The minimum absolute atomic E-state index is 0.556. The highest BCUT2D eigenvalue weighted by Gasteiger charge is 2.22. The molecule has 2 aromatic carbocycles. The fraction of sp³-hybridized carbons (Fsp3) is 0.130. The second-order valence-electron chi connectivity index (χ2n) is 6.60. The summed E-state index contributed by atoms with van der Waals surface area (Å²) in [6, 6.07) is 15.8. The van der Waals surface area contributed by atoms with Gasteiger partial charge in [-0.05, 0) is 59.9 Å². The monoisotopic (exact) mass is 338 g/mol. The number of hydrogen-bond donors (Lipinski definition) is 1. The van der Waals surface area contributed by atoms with E-state index in [0.29, 0.717) is 5.56 Å². The van der Waals surface area contributed by atoms with E-state index in [9.17, 15) is 10.4 Å². The van der Waals surface area contributed by atoms with Crippen molar-refractivity contribution in [1.29, 1.82) is 5.26 Å². The van der Waals surface area contributed by atoms with Crippen molar-refractivity contribution >= 4 is 12.2 Å². The Labute approximate surface area is 152 Å². The molecule has 1 aliphatic carbocycles. The number of benzene rings is 2. The van der Waals surface area contributed by atoms with E-state index in [1.807, 2.05) is 36.5 Å². The molecule has 0 spiro atoms. The van der Waals surface area contributed by atoms with Gasteiger partial charge in [0.25, 0.3) is 0 Å². The van der Waals surface area contributed by atoms with E-state index in [1.165, 1.54) is 11.1 Å². The molecule has 0 fully saturated rings. The predicted molar refractivity (Wildman–Crippen MR) is 103 cm³/mol. The quantitative estimate of drug-likeness (QED) is 0.693. The van der Waals surface area contributed by atoms with Gasteiger partial charge >= 0.3 is 0 Å². The molecule has 1 unspecified atom stereocenters. The van der Waals surface area contributed by atoms with Crippen molar-refractivity contribution in [3.63, 3.8) is 0 Å². The molecule has 3 heteroatoms. The van der Waals surface area contributed by atoms with Gasteiger partial charge in [0.05, 0.1) is 17.3 Å². The van der Waals surface area contributed by atoms with Gasteiger partial charge in [-0.1, -0.05) is 36.4 Å². The molecule has 126 valence electrons. The summed E-state index contributed by atoms with van der Waals surface area (Å²) in [5.74, 6) is 0. The van der Waals surface area contributed by atoms with Crippen LogP contribution in [0.15, 0.2) is 48.7 Å². The number of fused-ring (bicyclic) bond motifs is 2. The van der Waals surface area contributed by atoms with Crippen molar-refractivity contribution in [1.82, 2.24) is 4.98 Å². The summed E-state index contributed by atoms with van der Waals surface area (Å²) in [5, 5.41) is 20.4. The largest absolute Gasteiger partial charge is 0.384 e. The van der Waals surface area contributed by atoms with E-state index < -0.39 is 6.10 Å². The van der Waals surface area contributed by atoms with Gasteiger partial charge in [-0.15, -0.1) is 0 Å². The molecule has 1 aliphatic rings. The van der Waals surface area contributed by atoms with Crippen LogP contribution in [0.3, 0.4) is 0 Å². The maximum atomic E-state index is 11.0. The normalized spacial score (nSPS) is 14.9. The van der Waals surface area contributed by atoms with Crippen molar-refractivity contribution < 1.29 is 5.11 Å². The van der Waals surface area contributed by atoms with E-state index in [1.54, 1.807) is 12.1 Å². The molecule has 0 bridgehead atoms. The molecule has 0 saturated heterocycles. The lowest BCUT2D eigenvalue weighted by molar-refractivity contribution is 0.219. The highest BCUT2D eigenvalue weighted by atomic mass is 16.3. The van der Waals surface area contributed by atoms with Gasteiger partial charge in [-0.3, -0.25) is 4.98 Å². The Kier molecular flexibility index (Phi) is 3.91. The first-order valence-corrected chi connectivity index (χ1v) is 8.56. The van der Waals surface area contributed by atoms with E-state index in [4.69, 9.17) is 0 Å². The summed E-state index contributed by atoms with van der Waals surface area (Å²) >= 11 is 0. The van der Waals surface area contributed by atoms with E-state index >= 15 is 0 Å². The molecular formula is C23H18N2O. The predicted octanol–water partition coefficient (Wildman–Crippen LogP) is 4.80. The second kappa shape index (κ2) is 6.25. The molecule has 1 aromatic heterocycles. The van der Waals surface area contributed by atoms with Crippen LogP contribution >= 0.6 is 0 Å². The van der Waals surface area contributed by atoms with Crippen molar-refractivity contribution in [2.24, 2.45) is 0 Å².